The van der Waals surface area contributed by atoms with Crippen molar-refractivity contribution in [1.82, 2.24) is 9.80 Å². The molecule has 5 heteroatoms. The molecule has 0 aromatic rings. The van der Waals surface area contributed by atoms with Crippen LogP contribution in [0, 0.1) is 0 Å². The van der Waals surface area contributed by atoms with Crippen LogP contribution in [-0.4, -0.2) is 59.0 Å². The van der Waals surface area contributed by atoms with Gasteiger partial charge in [-0.2, -0.15) is 0 Å². The molecule has 1 N–H and O–H groups in total. The van der Waals surface area contributed by atoms with Gasteiger partial charge in [-0.25, -0.2) is 0 Å². The third kappa shape index (κ3) is 2.77. The fraction of sp³-hybridized carbons (Fsp3) is 0.833. The largest absolute Gasteiger partial charge is 0.396 e. The summed E-state index contributed by atoms with van der Waals surface area (Å²) in [6.45, 7) is 1.83. The number of nitrogens with zero attached hydrogens (tertiary/aromatic N) is 2. The van der Waals surface area contributed by atoms with E-state index < -0.39 is 0 Å². The Hall–Kier alpha value is -1.10. The van der Waals surface area contributed by atoms with E-state index in [9.17, 15) is 9.59 Å². The first kappa shape index (κ1) is 12.4. The molecule has 2 saturated heterocycles. The zero-order valence-corrected chi connectivity index (χ0v) is 10.1. The van der Waals surface area contributed by atoms with E-state index in [1.54, 1.807) is 4.90 Å². The summed E-state index contributed by atoms with van der Waals surface area (Å²) >= 11 is 0. The van der Waals surface area contributed by atoms with E-state index in [4.69, 9.17) is 5.11 Å². The zero-order chi connectivity index (χ0) is 12.3. The normalized spacial score (nSPS) is 24.8. The van der Waals surface area contributed by atoms with Gasteiger partial charge < -0.3 is 14.9 Å². The minimum absolute atomic E-state index is 0.0381. The molecule has 2 fully saturated rings. The zero-order valence-electron chi connectivity index (χ0n) is 10.1. The first-order chi connectivity index (χ1) is 8.22. The van der Waals surface area contributed by atoms with Crippen LogP contribution < -0.4 is 0 Å². The van der Waals surface area contributed by atoms with E-state index in [0.29, 0.717) is 19.4 Å². The second-order valence-corrected chi connectivity index (χ2v) is 4.81. The summed E-state index contributed by atoms with van der Waals surface area (Å²) in [6.07, 6.45) is 4.07. The van der Waals surface area contributed by atoms with Crippen molar-refractivity contribution in [2.24, 2.45) is 0 Å². The average Bonchev–Trinajstić information content (AvgIpc) is 2.89. The molecule has 0 spiro atoms. The highest BCUT2D eigenvalue weighted by Crippen LogP contribution is 2.20. The second-order valence-electron chi connectivity index (χ2n) is 4.81. The number of carbonyl (C=O) groups is 2. The first-order valence-corrected chi connectivity index (χ1v) is 6.40. The standard InChI is InChI=1S/C12H20N2O3/c15-8-5-10-3-1-7-14(10)12(17)9-13-6-2-4-11(13)16/h10,15H,1-9H2. The lowest BCUT2D eigenvalue weighted by atomic mass is 10.1. The Balaban J connectivity index is 1.88. The Morgan fingerprint density at radius 1 is 1.35 bits per heavy atom. The van der Waals surface area contributed by atoms with Gasteiger partial charge in [0.05, 0.1) is 6.54 Å². The van der Waals surface area contributed by atoms with Crippen LogP contribution in [-0.2, 0) is 9.59 Å². The summed E-state index contributed by atoms with van der Waals surface area (Å²) in [5, 5.41) is 8.95. The highest BCUT2D eigenvalue weighted by atomic mass is 16.3. The van der Waals surface area contributed by atoms with E-state index in [1.807, 2.05) is 4.90 Å². The van der Waals surface area contributed by atoms with Crippen LogP contribution in [0.5, 0.6) is 0 Å². The van der Waals surface area contributed by atoms with Crippen LogP contribution in [0.1, 0.15) is 32.1 Å². The molecule has 96 valence electrons. The Bertz CT molecular complexity index is 306. The lowest BCUT2D eigenvalue weighted by molar-refractivity contribution is -0.139. The monoisotopic (exact) mass is 240 g/mol. The third-order valence-electron chi connectivity index (χ3n) is 3.66. The molecule has 17 heavy (non-hydrogen) atoms. The number of hydrogen-bond donors (Lipinski definition) is 1. The van der Waals surface area contributed by atoms with Crippen LogP contribution in [0.25, 0.3) is 0 Å². The smallest absolute Gasteiger partial charge is 0.242 e. The highest BCUT2D eigenvalue weighted by Gasteiger charge is 2.31. The molecule has 1 unspecified atom stereocenters. The number of carbonyl (C=O) groups excluding carboxylic acids is 2. The number of amides is 2. The van der Waals surface area contributed by atoms with Crippen molar-refractivity contribution < 1.29 is 14.7 Å². The molecular formula is C12H20N2O3. The molecule has 2 heterocycles. The van der Waals surface area contributed by atoms with Crippen molar-refractivity contribution in [2.45, 2.75) is 38.1 Å². The minimum atomic E-state index is 0.0381. The Labute approximate surface area is 101 Å². The van der Waals surface area contributed by atoms with Gasteiger partial charge in [0.25, 0.3) is 0 Å². The van der Waals surface area contributed by atoms with Crippen LogP contribution in [0.2, 0.25) is 0 Å². The third-order valence-corrected chi connectivity index (χ3v) is 3.66. The van der Waals surface area contributed by atoms with Crippen molar-refractivity contribution in [3.8, 4) is 0 Å². The Morgan fingerprint density at radius 2 is 2.18 bits per heavy atom. The Kier molecular flexibility index (Phi) is 3.99. The number of hydrogen-bond acceptors (Lipinski definition) is 3. The molecule has 2 aliphatic heterocycles. The number of aliphatic hydroxyl groups is 1. The van der Waals surface area contributed by atoms with Gasteiger partial charge in [0.2, 0.25) is 11.8 Å². The summed E-state index contributed by atoms with van der Waals surface area (Å²) < 4.78 is 0. The second kappa shape index (κ2) is 5.49. The SMILES string of the molecule is O=C1CCCN1CC(=O)N1CCCC1CCO. The molecule has 0 bridgehead atoms. The maximum Gasteiger partial charge on any atom is 0.242 e. The molecule has 0 aromatic carbocycles. The van der Waals surface area contributed by atoms with Crippen LogP contribution in [0.15, 0.2) is 0 Å². The minimum Gasteiger partial charge on any atom is -0.396 e. The van der Waals surface area contributed by atoms with Crippen molar-refractivity contribution >= 4 is 11.8 Å². The van der Waals surface area contributed by atoms with Crippen LogP contribution >= 0.6 is 0 Å². The van der Waals surface area contributed by atoms with Gasteiger partial charge in [-0.05, 0) is 25.7 Å². The Morgan fingerprint density at radius 3 is 2.82 bits per heavy atom. The van der Waals surface area contributed by atoms with Gasteiger partial charge in [-0.3, -0.25) is 9.59 Å². The summed E-state index contributed by atoms with van der Waals surface area (Å²) in [5.74, 6) is 0.132. The van der Waals surface area contributed by atoms with Gasteiger partial charge >= 0.3 is 0 Å². The van der Waals surface area contributed by atoms with Crippen molar-refractivity contribution in [1.29, 1.82) is 0 Å². The molecule has 5 nitrogen and oxygen atoms in total. The van der Waals surface area contributed by atoms with Crippen molar-refractivity contribution in [3.63, 3.8) is 0 Å². The molecule has 0 saturated carbocycles. The fourth-order valence-electron chi connectivity index (χ4n) is 2.74. The predicted molar refractivity (Wildman–Crippen MR) is 62.3 cm³/mol. The fourth-order valence-corrected chi connectivity index (χ4v) is 2.74. The topological polar surface area (TPSA) is 60.9 Å². The van der Waals surface area contributed by atoms with E-state index >= 15 is 0 Å². The summed E-state index contributed by atoms with van der Waals surface area (Å²) in [6, 6.07) is 0.171. The van der Waals surface area contributed by atoms with Gasteiger partial charge in [-0.15, -0.1) is 0 Å². The number of likely N-dealkylation sites (tertiary alicyclic amines) is 2. The molecule has 1 atom stereocenters. The van der Waals surface area contributed by atoms with Gasteiger partial charge in [0.1, 0.15) is 0 Å². The summed E-state index contributed by atoms with van der Waals surface area (Å²) in [5.41, 5.74) is 0. The molecular weight excluding hydrogens is 220 g/mol. The maximum absolute atomic E-state index is 12.1. The number of aliphatic hydroxyl groups excluding tert-OH is 1. The highest BCUT2D eigenvalue weighted by molar-refractivity contribution is 5.86. The lowest BCUT2D eigenvalue weighted by Crippen LogP contribution is -2.43. The van der Waals surface area contributed by atoms with E-state index in [2.05, 4.69) is 0 Å². The lowest BCUT2D eigenvalue weighted by Gasteiger charge is -2.26. The van der Waals surface area contributed by atoms with Gasteiger partial charge in [0, 0.05) is 32.2 Å². The van der Waals surface area contributed by atoms with E-state index in [0.717, 1.165) is 25.8 Å². The number of rotatable bonds is 4. The van der Waals surface area contributed by atoms with Crippen molar-refractivity contribution in [2.75, 3.05) is 26.2 Å². The molecule has 2 aliphatic rings. The first-order valence-electron chi connectivity index (χ1n) is 6.40. The van der Waals surface area contributed by atoms with E-state index in [1.165, 1.54) is 0 Å². The molecule has 0 aromatic heterocycles. The molecule has 0 radical (unpaired) electrons. The quantitative estimate of drug-likeness (QED) is 0.751. The van der Waals surface area contributed by atoms with Crippen LogP contribution in [0.4, 0.5) is 0 Å². The molecule has 2 amide bonds. The summed E-state index contributed by atoms with van der Waals surface area (Å²) in [4.78, 5) is 27.0. The summed E-state index contributed by atoms with van der Waals surface area (Å²) in [7, 11) is 0. The molecule has 2 rings (SSSR count). The average molecular weight is 240 g/mol. The molecule has 0 aliphatic carbocycles. The van der Waals surface area contributed by atoms with Gasteiger partial charge in [-0.1, -0.05) is 0 Å². The van der Waals surface area contributed by atoms with Crippen LogP contribution in [0.3, 0.4) is 0 Å². The van der Waals surface area contributed by atoms with Gasteiger partial charge in [0.15, 0.2) is 0 Å². The predicted octanol–water partition coefficient (Wildman–Crippen LogP) is -0.0178. The van der Waals surface area contributed by atoms with Crippen molar-refractivity contribution in [3.05, 3.63) is 0 Å². The van der Waals surface area contributed by atoms with E-state index in [-0.39, 0.29) is 31.0 Å². The maximum atomic E-state index is 12.1.